The molecule has 0 aliphatic carbocycles. The molecule has 5 nitrogen and oxygen atoms in total. The van der Waals surface area contributed by atoms with E-state index in [4.69, 9.17) is 4.52 Å². The van der Waals surface area contributed by atoms with E-state index in [2.05, 4.69) is 50.2 Å². The SMILES string of the molecule is CCCC(C)(CNC(=O)c1cc(CC)on1)C(C)N(C)C. The third-order valence-corrected chi connectivity index (χ3v) is 4.40. The molecule has 1 N–H and O–H groups in total. The van der Waals surface area contributed by atoms with Gasteiger partial charge >= 0.3 is 0 Å². The van der Waals surface area contributed by atoms with E-state index in [0.29, 0.717) is 18.3 Å². The number of nitrogens with zero attached hydrogens (tertiary/aromatic N) is 2. The van der Waals surface area contributed by atoms with Crippen LogP contribution in [-0.4, -0.2) is 42.6 Å². The molecule has 1 rings (SSSR count). The Morgan fingerprint density at radius 2 is 2.14 bits per heavy atom. The summed E-state index contributed by atoms with van der Waals surface area (Å²) in [6.45, 7) is 9.20. The first kappa shape index (κ1) is 17.7. The summed E-state index contributed by atoms with van der Waals surface area (Å²) in [4.78, 5) is 14.4. The van der Waals surface area contributed by atoms with Gasteiger partial charge in [0, 0.05) is 30.5 Å². The zero-order valence-electron chi connectivity index (χ0n) is 14.2. The number of carbonyl (C=O) groups is 1. The van der Waals surface area contributed by atoms with Gasteiger partial charge in [0.05, 0.1) is 0 Å². The van der Waals surface area contributed by atoms with E-state index in [1.54, 1.807) is 6.07 Å². The van der Waals surface area contributed by atoms with Gasteiger partial charge in [-0.3, -0.25) is 4.79 Å². The van der Waals surface area contributed by atoms with Crippen molar-refractivity contribution in [1.29, 1.82) is 0 Å². The third kappa shape index (κ3) is 4.56. The van der Waals surface area contributed by atoms with E-state index in [1.807, 2.05) is 6.92 Å². The average molecular weight is 295 g/mol. The molecule has 0 fully saturated rings. The molecule has 120 valence electrons. The Labute approximate surface area is 128 Å². The molecule has 1 aromatic rings. The first-order valence-corrected chi connectivity index (χ1v) is 7.74. The van der Waals surface area contributed by atoms with Gasteiger partial charge in [0.15, 0.2) is 5.69 Å². The van der Waals surface area contributed by atoms with Crippen LogP contribution in [0.4, 0.5) is 0 Å². The van der Waals surface area contributed by atoms with Gasteiger partial charge in [0.1, 0.15) is 5.76 Å². The summed E-state index contributed by atoms with van der Waals surface area (Å²) in [6.07, 6.45) is 2.89. The Morgan fingerprint density at radius 3 is 2.62 bits per heavy atom. The predicted molar refractivity (Wildman–Crippen MR) is 84.4 cm³/mol. The van der Waals surface area contributed by atoms with E-state index in [1.165, 1.54) is 0 Å². The molecule has 0 spiro atoms. The fourth-order valence-electron chi connectivity index (χ4n) is 2.60. The largest absolute Gasteiger partial charge is 0.361 e. The number of rotatable bonds is 8. The molecule has 0 aliphatic rings. The van der Waals surface area contributed by atoms with E-state index in [-0.39, 0.29) is 11.3 Å². The lowest BCUT2D eigenvalue weighted by Crippen LogP contribution is -2.48. The molecule has 0 bridgehead atoms. The lowest BCUT2D eigenvalue weighted by Gasteiger charge is -2.39. The first-order chi connectivity index (χ1) is 9.84. The van der Waals surface area contributed by atoms with Crippen LogP contribution in [0.25, 0.3) is 0 Å². The summed E-state index contributed by atoms with van der Waals surface area (Å²) >= 11 is 0. The van der Waals surface area contributed by atoms with Crippen molar-refractivity contribution in [1.82, 2.24) is 15.4 Å². The zero-order valence-corrected chi connectivity index (χ0v) is 14.2. The second-order valence-electron chi connectivity index (χ2n) is 6.26. The Morgan fingerprint density at radius 1 is 1.48 bits per heavy atom. The summed E-state index contributed by atoms with van der Waals surface area (Å²) in [5.41, 5.74) is 0.397. The standard InChI is InChI=1S/C16H29N3O2/c1-7-9-16(4,12(3)19(5)6)11-17-15(20)14-10-13(8-2)21-18-14/h10,12H,7-9,11H2,1-6H3,(H,17,20). The van der Waals surface area contributed by atoms with Gasteiger partial charge < -0.3 is 14.7 Å². The van der Waals surface area contributed by atoms with Gasteiger partial charge in [-0.1, -0.05) is 32.3 Å². The number of aryl methyl sites for hydroxylation is 1. The molecule has 0 saturated carbocycles. The number of carbonyl (C=O) groups excluding carboxylic acids is 1. The first-order valence-electron chi connectivity index (χ1n) is 7.74. The molecule has 1 heterocycles. The molecule has 1 amide bonds. The second kappa shape index (κ2) is 7.59. The summed E-state index contributed by atoms with van der Waals surface area (Å²) in [7, 11) is 4.15. The fourth-order valence-corrected chi connectivity index (χ4v) is 2.60. The maximum Gasteiger partial charge on any atom is 0.273 e. The Bertz CT molecular complexity index is 456. The van der Waals surface area contributed by atoms with Crippen LogP contribution in [0.3, 0.4) is 0 Å². The minimum atomic E-state index is -0.160. The maximum atomic E-state index is 12.2. The molecule has 0 radical (unpaired) electrons. The molecule has 2 atom stereocenters. The summed E-state index contributed by atoms with van der Waals surface area (Å²) in [5.74, 6) is 0.574. The van der Waals surface area contributed by atoms with Crippen molar-refractivity contribution in [2.75, 3.05) is 20.6 Å². The lowest BCUT2D eigenvalue weighted by molar-refractivity contribution is 0.0850. The molecule has 0 saturated heterocycles. The number of hydrogen-bond donors (Lipinski definition) is 1. The van der Waals surface area contributed by atoms with Crippen LogP contribution in [-0.2, 0) is 6.42 Å². The lowest BCUT2D eigenvalue weighted by atomic mass is 9.78. The second-order valence-corrected chi connectivity index (χ2v) is 6.26. The fraction of sp³-hybridized carbons (Fsp3) is 0.750. The molecular formula is C16H29N3O2. The number of nitrogens with one attached hydrogen (secondary N) is 1. The van der Waals surface area contributed by atoms with Crippen LogP contribution in [0.5, 0.6) is 0 Å². The quantitative estimate of drug-likeness (QED) is 0.801. The molecule has 0 aliphatic heterocycles. The van der Waals surface area contributed by atoms with Gasteiger partial charge in [-0.25, -0.2) is 0 Å². The third-order valence-electron chi connectivity index (χ3n) is 4.40. The molecule has 5 heteroatoms. The van der Waals surface area contributed by atoms with E-state index in [9.17, 15) is 4.79 Å². The summed E-state index contributed by atoms with van der Waals surface area (Å²) in [6, 6.07) is 2.09. The van der Waals surface area contributed by atoms with Crippen molar-refractivity contribution in [3.63, 3.8) is 0 Å². The van der Waals surface area contributed by atoms with Crippen LogP contribution in [0.15, 0.2) is 10.6 Å². The highest BCUT2D eigenvalue weighted by Gasteiger charge is 2.32. The van der Waals surface area contributed by atoms with E-state index < -0.39 is 0 Å². The maximum absolute atomic E-state index is 12.2. The van der Waals surface area contributed by atoms with Crippen LogP contribution in [0.2, 0.25) is 0 Å². The summed E-state index contributed by atoms with van der Waals surface area (Å²) < 4.78 is 5.08. The topological polar surface area (TPSA) is 58.4 Å². The average Bonchev–Trinajstić information content (AvgIpc) is 2.93. The zero-order chi connectivity index (χ0) is 16.0. The number of amides is 1. The van der Waals surface area contributed by atoms with Crippen molar-refractivity contribution in [3.05, 3.63) is 17.5 Å². The van der Waals surface area contributed by atoms with Crippen LogP contribution < -0.4 is 5.32 Å². The highest BCUT2D eigenvalue weighted by Crippen LogP contribution is 2.29. The van der Waals surface area contributed by atoms with Gasteiger partial charge in [-0.05, 0) is 27.4 Å². The van der Waals surface area contributed by atoms with E-state index >= 15 is 0 Å². The van der Waals surface area contributed by atoms with Crippen LogP contribution in [0, 0.1) is 5.41 Å². The van der Waals surface area contributed by atoms with Crippen LogP contribution in [0.1, 0.15) is 56.8 Å². The minimum absolute atomic E-state index is 0.0330. The monoisotopic (exact) mass is 295 g/mol. The van der Waals surface area contributed by atoms with Gasteiger partial charge in [-0.15, -0.1) is 0 Å². The van der Waals surface area contributed by atoms with Crippen molar-refractivity contribution in [2.45, 2.75) is 53.0 Å². The van der Waals surface area contributed by atoms with Gasteiger partial charge in [0.25, 0.3) is 5.91 Å². The normalized spacial score (nSPS) is 15.8. The van der Waals surface area contributed by atoms with Crippen molar-refractivity contribution in [2.24, 2.45) is 5.41 Å². The van der Waals surface area contributed by atoms with E-state index in [0.717, 1.165) is 25.0 Å². The summed E-state index contributed by atoms with van der Waals surface area (Å²) in [5, 5.41) is 6.83. The van der Waals surface area contributed by atoms with Crippen molar-refractivity contribution >= 4 is 5.91 Å². The van der Waals surface area contributed by atoms with Gasteiger partial charge in [0.2, 0.25) is 0 Å². The molecule has 0 aromatic carbocycles. The molecule has 2 unspecified atom stereocenters. The Kier molecular flexibility index (Phi) is 6.40. The predicted octanol–water partition coefficient (Wildman–Crippen LogP) is 2.72. The number of aromatic nitrogens is 1. The van der Waals surface area contributed by atoms with Crippen LogP contribution >= 0.6 is 0 Å². The number of hydrogen-bond acceptors (Lipinski definition) is 4. The van der Waals surface area contributed by atoms with Crippen molar-refractivity contribution in [3.8, 4) is 0 Å². The highest BCUT2D eigenvalue weighted by molar-refractivity contribution is 5.92. The molecule has 1 aromatic heterocycles. The molecule has 21 heavy (non-hydrogen) atoms. The van der Waals surface area contributed by atoms with Crippen molar-refractivity contribution < 1.29 is 9.32 Å². The molecular weight excluding hydrogens is 266 g/mol. The Hall–Kier alpha value is -1.36. The smallest absolute Gasteiger partial charge is 0.273 e. The minimum Gasteiger partial charge on any atom is -0.361 e. The highest BCUT2D eigenvalue weighted by atomic mass is 16.5. The van der Waals surface area contributed by atoms with Gasteiger partial charge in [-0.2, -0.15) is 0 Å². The Balaban J connectivity index is 2.70.